The van der Waals surface area contributed by atoms with Crippen LogP contribution in [0.15, 0.2) is 24.3 Å². The summed E-state index contributed by atoms with van der Waals surface area (Å²) < 4.78 is 5.53. The third-order valence-electron chi connectivity index (χ3n) is 3.66. The largest absolute Gasteiger partial charge is 0.494 e. The number of carbonyl (C=O) groups excluding carboxylic acids is 1. The monoisotopic (exact) mass is 262 g/mol. The zero-order valence-corrected chi connectivity index (χ0v) is 11.5. The average molecular weight is 262 g/mol. The average Bonchev–Trinajstić information content (AvgIpc) is 2.47. The van der Waals surface area contributed by atoms with Crippen molar-refractivity contribution in [1.82, 2.24) is 4.90 Å². The normalized spacial score (nSPS) is 16.4. The maximum atomic E-state index is 11.5. The number of piperidine rings is 1. The third kappa shape index (κ3) is 3.47. The molecule has 19 heavy (non-hydrogen) atoms. The zero-order valence-electron chi connectivity index (χ0n) is 11.5. The van der Waals surface area contributed by atoms with E-state index in [1.54, 1.807) is 0 Å². The first-order chi connectivity index (χ1) is 9.24. The molecule has 2 N–H and O–H groups in total. The Bertz CT molecular complexity index is 426. The number of benzene rings is 1. The fraction of sp³-hybridized carbons (Fsp3) is 0.533. The summed E-state index contributed by atoms with van der Waals surface area (Å²) in [5.41, 5.74) is 6.71. The Labute approximate surface area is 114 Å². The molecule has 0 aromatic heterocycles. The fourth-order valence-electron chi connectivity index (χ4n) is 2.62. The Balaban J connectivity index is 1.97. The number of nitrogens with zero attached hydrogens (tertiary/aromatic N) is 1. The maximum Gasteiger partial charge on any atom is 0.236 e. The van der Waals surface area contributed by atoms with Gasteiger partial charge in [0, 0.05) is 13.1 Å². The van der Waals surface area contributed by atoms with E-state index in [-0.39, 0.29) is 12.5 Å². The van der Waals surface area contributed by atoms with Gasteiger partial charge in [0.25, 0.3) is 0 Å². The van der Waals surface area contributed by atoms with Crippen molar-refractivity contribution in [2.75, 3.05) is 26.2 Å². The summed E-state index contributed by atoms with van der Waals surface area (Å²) in [4.78, 5) is 13.4. The standard InChI is InChI=1S/C15H22N2O2/c1-2-19-14-5-3-4-13(10-14)12-6-8-17(9-7-12)15(18)11-16/h3-5,10,12H,2,6-9,11,16H2,1H3. The fourth-order valence-corrected chi connectivity index (χ4v) is 2.62. The second-order valence-electron chi connectivity index (χ2n) is 4.86. The summed E-state index contributed by atoms with van der Waals surface area (Å²) in [6.07, 6.45) is 2.00. The van der Waals surface area contributed by atoms with Crippen molar-refractivity contribution in [3.8, 4) is 5.75 Å². The van der Waals surface area contributed by atoms with Gasteiger partial charge in [0.05, 0.1) is 13.2 Å². The van der Waals surface area contributed by atoms with Gasteiger partial charge in [-0.25, -0.2) is 0 Å². The minimum absolute atomic E-state index is 0.0570. The SMILES string of the molecule is CCOc1cccc(C2CCN(C(=O)CN)CC2)c1. The third-order valence-corrected chi connectivity index (χ3v) is 3.66. The lowest BCUT2D eigenvalue weighted by Gasteiger charge is -2.32. The molecule has 4 heteroatoms. The second kappa shape index (κ2) is 6.57. The molecule has 1 amide bonds. The van der Waals surface area contributed by atoms with Gasteiger partial charge in [-0.05, 0) is 43.4 Å². The first kappa shape index (κ1) is 13.9. The maximum absolute atomic E-state index is 11.5. The van der Waals surface area contributed by atoms with Gasteiger partial charge in [-0.2, -0.15) is 0 Å². The van der Waals surface area contributed by atoms with Crippen LogP contribution in [0.4, 0.5) is 0 Å². The number of nitrogens with two attached hydrogens (primary N) is 1. The Kier molecular flexibility index (Phi) is 4.80. The van der Waals surface area contributed by atoms with E-state index in [2.05, 4.69) is 12.1 Å². The van der Waals surface area contributed by atoms with Crippen molar-refractivity contribution in [2.24, 2.45) is 5.73 Å². The van der Waals surface area contributed by atoms with Crippen LogP contribution in [0.1, 0.15) is 31.2 Å². The molecule has 1 saturated heterocycles. The lowest BCUT2D eigenvalue weighted by Crippen LogP contribution is -2.41. The second-order valence-corrected chi connectivity index (χ2v) is 4.86. The van der Waals surface area contributed by atoms with Gasteiger partial charge in [0.2, 0.25) is 5.91 Å². The Morgan fingerprint density at radius 2 is 2.16 bits per heavy atom. The molecule has 4 nitrogen and oxygen atoms in total. The van der Waals surface area contributed by atoms with Crippen molar-refractivity contribution in [3.63, 3.8) is 0 Å². The summed E-state index contributed by atoms with van der Waals surface area (Å²) in [5.74, 6) is 1.50. The molecule has 1 aromatic carbocycles. The molecule has 104 valence electrons. The molecule has 0 aliphatic carbocycles. The van der Waals surface area contributed by atoms with E-state index < -0.39 is 0 Å². The molecule has 2 rings (SSSR count). The van der Waals surface area contributed by atoms with Crippen molar-refractivity contribution in [2.45, 2.75) is 25.7 Å². The van der Waals surface area contributed by atoms with E-state index >= 15 is 0 Å². The molecule has 1 aliphatic heterocycles. The lowest BCUT2D eigenvalue weighted by molar-refractivity contribution is -0.130. The van der Waals surface area contributed by atoms with Crippen LogP contribution in [0, 0.1) is 0 Å². The molecule has 1 aromatic rings. The van der Waals surface area contributed by atoms with Gasteiger partial charge in [0.15, 0.2) is 0 Å². The van der Waals surface area contributed by atoms with Crippen LogP contribution >= 0.6 is 0 Å². The first-order valence-corrected chi connectivity index (χ1v) is 6.95. The van der Waals surface area contributed by atoms with Gasteiger partial charge >= 0.3 is 0 Å². The highest BCUT2D eigenvalue weighted by Crippen LogP contribution is 2.30. The van der Waals surface area contributed by atoms with E-state index in [4.69, 9.17) is 10.5 Å². The Hall–Kier alpha value is -1.55. The number of ether oxygens (including phenoxy) is 1. The summed E-state index contributed by atoms with van der Waals surface area (Å²) in [7, 11) is 0. The van der Waals surface area contributed by atoms with Crippen LogP contribution in [0.25, 0.3) is 0 Å². The topological polar surface area (TPSA) is 55.6 Å². The molecular weight excluding hydrogens is 240 g/mol. The van der Waals surface area contributed by atoms with Crippen LogP contribution < -0.4 is 10.5 Å². The number of rotatable bonds is 4. The zero-order chi connectivity index (χ0) is 13.7. The van der Waals surface area contributed by atoms with Crippen LogP contribution in [-0.4, -0.2) is 37.0 Å². The van der Waals surface area contributed by atoms with Crippen LogP contribution in [0.2, 0.25) is 0 Å². The van der Waals surface area contributed by atoms with Gasteiger partial charge in [0.1, 0.15) is 5.75 Å². The number of carbonyl (C=O) groups is 1. The van der Waals surface area contributed by atoms with Crippen LogP contribution in [-0.2, 0) is 4.79 Å². The highest BCUT2D eigenvalue weighted by molar-refractivity contribution is 5.78. The molecular formula is C15H22N2O2. The van der Waals surface area contributed by atoms with E-state index in [9.17, 15) is 4.79 Å². The molecule has 1 aliphatic rings. The lowest BCUT2D eigenvalue weighted by atomic mass is 9.89. The van der Waals surface area contributed by atoms with Gasteiger partial charge in [-0.15, -0.1) is 0 Å². The predicted molar refractivity (Wildman–Crippen MR) is 75.2 cm³/mol. The van der Waals surface area contributed by atoms with E-state index in [1.165, 1.54) is 5.56 Å². The highest BCUT2D eigenvalue weighted by Gasteiger charge is 2.23. The van der Waals surface area contributed by atoms with E-state index in [0.717, 1.165) is 31.7 Å². The number of amides is 1. The summed E-state index contributed by atoms with van der Waals surface area (Å²) in [5, 5.41) is 0. The first-order valence-electron chi connectivity index (χ1n) is 6.95. The minimum atomic E-state index is 0.0570. The number of hydrogen-bond acceptors (Lipinski definition) is 3. The summed E-state index contributed by atoms with van der Waals surface area (Å²) >= 11 is 0. The molecule has 0 bridgehead atoms. The molecule has 0 spiro atoms. The Morgan fingerprint density at radius 1 is 1.42 bits per heavy atom. The van der Waals surface area contributed by atoms with Gasteiger partial charge < -0.3 is 15.4 Å². The van der Waals surface area contributed by atoms with Crippen LogP contribution in [0.5, 0.6) is 5.75 Å². The van der Waals surface area contributed by atoms with Crippen LogP contribution in [0.3, 0.4) is 0 Å². The molecule has 0 atom stereocenters. The van der Waals surface area contributed by atoms with Crippen molar-refractivity contribution in [3.05, 3.63) is 29.8 Å². The quantitative estimate of drug-likeness (QED) is 0.899. The molecule has 0 radical (unpaired) electrons. The summed E-state index contributed by atoms with van der Waals surface area (Å²) in [6.45, 7) is 4.40. The van der Waals surface area contributed by atoms with E-state index in [1.807, 2.05) is 24.0 Å². The molecule has 0 saturated carbocycles. The highest BCUT2D eigenvalue weighted by atomic mass is 16.5. The van der Waals surface area contributed by atoms with Gasteiger partial charge in [-0.1, -0.05) is 12.1 Å². The van der Waals surface area contributed by atoms with Crippen molar-refractivity contribution in [1.29, 1.82) is 0 Å². The van der Waals surface area contributed by atoms with Gasteiger partial charge in [-0.3, -0.25) is 4.79 Å². The number of likely N-dealkylation sites (tertiary alicyclic amines) is 1. The summed E-state index contributed by atoms with van der Waals surface area (Å²) in [6, 6.07) is 8.29. The smallest absolute Gasteiger partial charge is 0.236 e. The molecule has 0 unspecified atom stereocenters. The van der Waals surface area contributed by atoms with Crippen molar-refractivity contribution < 1.29 is 9.53 Å². The molecule has 1 heterocycles. The predicted octanol–water partition coefficient (Wildman–Crippen LogP) is 1.75. The Morgan fingerprint density at radius 3 is 2.79 bits per heavy atom. The van der Waals surface area contributed by atoms with E-state index in [0.29, 0.717) is 12.5 Å². The molecule has 1 fully saturated rings. The minimum Gasteiger partial charge on any atom is -0.494 e. The number of hydrogen-bond donors (Lipinski definition) is 1. The van der Waals surface area contributed by atoms with Crippen molar-refractivity contribution >= 4 is 5.91 Å².